The fourth-order valence-electron chi connectivity index (χ4n) is 2.75. The topological polar surface area (TPSA) is 24.5 Å². The van der Waals surface area contributed by atoms with E-state index in [9.17, 15) is 0 Å². The molecule has 1 aliphatic rings. The fraction of sp³-hybridized carbons (Fsp3) is 0.625. The van der Waals surface area contributed by atoms with Crippen LogP contribution in [-0.4, -0.2) is 44.7 Å². The molecule has 1 atom stereocenters. The Morgan fingerprint density at radius 2 is 2.00 bits per heavy atom. The lowest BCUT2D eigenvalue weighted by molar-refractivity contribution is 0.286. The lowest BCUT2D eigenvalue weighted by atomic mass is 10.1. The molecule has 1 fully saturated rings. The van der Waals surface area contributed by atoms with Crippen LogP contribution in [0.25, 0.3) is 0 Å². The molecule has 3 heteroatoms. The Balaban J connectivity index is 1.77. The van der Waals surface area contributed by atoms with Crippen LogP contribution in [0, 0.1) is 0 Å². The SMILES string of the molecule is CNC1CCCN(CCc2ccc(OC)cc2)CC1. The van der Waals surface area contributed by atoms with Gasteiger partial charge in [0.25, 0.3) is 0 Å². The van der Waals surface area contributed by atoms with Gasteiger partial charge in [0.15, 0.2) is 0 Å². The minimum Gasteiger partial charge on any atom is -0.497 e. The van der Waals surface area contributed by atoms with Crippen molar-refractivity contribution in [3.63, 3.8) is 0 Å². The van der Waals surface area contributed by atoms with Crippen LogP contribution in [-0.2, 0) is 6.42 Å². The quantitative estimate of drug-likeness (QED) is 0.881. The van der Waals surface area contributed by atoms with Gasteiger partial charge >= 0.3 is 0 Å². The molecular weight excluding hydrogens is 236 g/mol. The van der Waals surface area contributed by atoms with Crippen LogP contribution in [0.5, 0.6) is 5.75 Å². The number of nitrogens with zero attached hydrogens (tertiary/aromatic N) is 1. The van der Waals surface area contributed by atoms with E-state index < -0.39 is 0 Å². The Bertz CT molecular complexity index is 364. The molecule has 0 saturated carbocycles. The van der Waals surface area contributed by atoms with Crippen molar-refractivity contribution >= 4 is 0 Å². The van der Waals surface area contributed by atoms with Crippen LogP contribution in [0.1, 0.15) is 24.8 Å². The monoisotopic (exact) mass is 262 g/mol. The van der Waals surface area contributed by atoms with Gasteiger partial charge in [-0.15, -0.1) is 0 Å². The summed E-state index contributed by atoms with van der Waals surface area (Å²) in [4.78, 5) is 2.60. The summed E-state index contributed by atoms with van der Waals surface area (Å²) in [6.45, 7) is 3.64. The smallest absolute Gasteiger partial charge is 0.118 e. The summed E-state index contributed by atoms with van der Waals surface area (Å²) < 4.78 is 5.19. The first-order valence-corrected chi connectivity index (χ1v) is 7.34. The summed E-state index contributed by atoms with van der Waals surface area (Å²) in [6, 6.07) is 9.16. The Morgan fingerprint density at radius 1 is 1.21 bits per heavy atom. The van der Waals surface area contributed by atoms with Crippen LogP contribution in [0.2, 0.25) is 0 Å². The molecule has 1 aliphatic heterocycles. The number of hydrogen-bond donors (Lipinski definition) is 1. The standard InChI is InChI=1S/C16H26N2O/c1-17-15-4-3-11-18(13-10-15)12-9-14-5-7-16(19-2)8-6-14/h5-8,15,17H,3-4,9-13H2,1-2H3. The minimum atomic E-state index is 0.714. The zero-order chi connectivity index (χ0) is 13.5. The summed E-state index contributed by atoms with van der Waals surface area (Å²) >= 11 is 0. The average Bonchev–Trinajstić information content (AvgIpc) is 2.70. The van der Waals surface area contributed by atoms with E-state index in [-0.39, 0.29) is 0 Å². The second-order valence-electron chi connectivity index (χ2n) is 5.36. The van der Waals surface area contributed by atoms with Crippen molar-refractivity contribution in [3.05, 3.63) is 29.8 Å². The van der Waals surface area contributed by atoms with E-state index in [1.165, 1.54) is 44.5 Å². The van der Waals surface area contributed by atoms with Crippen molar-refractivity contribution in [1.82, 2.24) is 10.2 Å². The van der Waals surface area contributed by atoms with E-state index in [4.69, 9.17) is 4.74 Å². The number of likely N-dealkylation sites (tertiary alicyclic amines) is 1. The van der Waals surface area contributed by atoms with Crippen molar-refractivity contribution in [1.29, 1.82) is 0 Å². The lowest BCUT2D eigenvalue weighted by Gasteiger charge is -2.20. The van der Waals surface area contributed by atoms with Crippen LogP contribution in [0.15, 0.2) is 24.3 Å². The third kappa shape index (κ3) is 4.51. The fourth-order valence-corrected chi connectivity index (χ4v) is 2.75. The molecular formula is C16H26N2O. The number of nitrogens with one attached hydrogen (secondary N) is 1. The third-order valence-electron chi connectivity index (χ3n) is 4.10. The van der Waals surface area contributed by atoms with Gasteiger partial charge in [-0.25, -0.2) is 0 Å². The summed E-state index contributed by atoms with van der Waals surface area (Å²) in [5.74, 6) is 0.940. The highest BCUT2D eigenvalue weighted by atomic mass is 16.5. The second kappa shape index (κ2) is 7.51. The third-order valence-corrected chi connectivity index (χ3v) is 4.10. The van der Waals surface area contributed by atoms with E-state index in [2.05, 4.69) is 41.5 Å². The van der Waals surface area contributed by atoms with Crippen molar-refractivity contribution in [2.45, 2.75) is 31.7 Å². The van der Waals surface area contributed by atoms with E-state index in [0.29, 0.717) is 6.04 Å². The van der Waals surface area contributed by atoms with E-state index in [0.717, 1.165) is 12.2 Å². The maximum atomic E-state index is 5.19. The molecule has 1 heterocycles. The summed E-state index contributed by atoms with van der Waals surface area (Å²) in [5, 5.41) is 3.41. The van der Waals surface area contributed by atoms with Gasteiger partial charge in [0.1, 0.15) is 5.75 Å². The van der Waals surface area contributed by atoms with Gasteiger partial charge in [0, 0.05) is 12.6 Å². The van der Waals surface area contributed by atoms with E-state index >= 15 is 0 Å². The van der Waals surface area contributed by atoms with Crippen molar-refractivity contribution in [2.75, 3.05) is 33.8 Å². The molecule has 0 bridgehead atoms. The maximum Gasteiger partial charge on any atom is 0.118 e. The summed E-state index contributed by atoms with van der Waals surface area (Å²) in [7, 11) is 3.79. The van der Waals surface area contributed by atoms with Crippen molar-refractivity contribution in [3.8, 4) is 5.75 Å². The predicted octanol–water partition coefficient (Wildman–Crippen LogP) is 2.31. The second-order valence-corrected chi connectivity index (χ2v) is 5.36. The van der Waals surface area contributed by atoms with Gasteiger partial charge in [0.2, 0.25) is 0 Å². The number of rotatable bonds is 5. The Morgan fingerprint density at radius 3 is 2.68 bits per heavy atom. The molecule has 0 aliphatic carbocycles. The lowest BCUT2D eigenvalue weighted by Crippen LogP contribution is -2.29. The molecule has 2 rings (SSSR count). The highest BCUT2D eigenvalue weighted by Crippen LogP contribution is 2.14. The van der Waals surface area contributed by atoms with Crippen LogP contribution < -0.4 is 10.1 Å². The molecule has 0 spiro atoms. The average molecular weight is 262 g/mol. The first-order valence-electron chi connectivity index (χ1n) is 7.34. The summed E-state index contributed by atoms with van der Waals surface area (Å²) in [5.41, 5.74) is 1.40. The minimum absolute atomic E-state index is 0.714. The molecule has 1 aromatic rings. The van der Waals surface area contributed by atoms with Crippen LogP contribution >= 0.6 is 0 Å². The molecule has 19 heavy (non-hydrogen) atoms. The summed E-state index contributed by atoms with van der Waals surface area (Å²) in [6.07, 6.45) is 5.04. The molecule has 0 amide bonds. The Labute approximate surface area is 116 Å². The van der Waals surface area contributed by atoms with Crippen LogP contribution in [0.4, 0.5) is 0 Å². The van der Waals surface area contributed by atoms with Crippen LogP contribution in [0.3, 0.4) is 0 Å². The highest BCUT2D eigenvalue weighted by Gasteiger charge is 2.15. The van der Waals surface area contributed by atoms with Gasteiger partial charge in [-0.3, -0.25) is 0 Å². The normalized spacial score (nSPS) is 21.1. The Kier molecular flexibility index (Phi) is 5.67. The zero-order valence-electron chi connectivity index (χ0n) is 12.2. The first kappa shape index (κ1) is 14.4. The number of methoxy groups -OCH3 is 1. The number of ether oxygens (including phenoxy) is 1. The number of benzene rings is 1. The molecule has 1 saturated heterocycles. The predicted molar refractivity (Wildman–Crippen MR) is 79.8 cm³/mol. The van der Waals surface area contributed by atoms with E-state index in [1.54, 1.807) is 7.11 Å². The van der Waals surface area contributed by atoms with Gasteiger partial charge < -0.3 is 15.0 Å². The van der Waals surface area contributed by atoms with Gasteiger partial charge in [-0.2, -0.15) is 0 Å². The molecule has 1 N–H and O–H groups in total. The van der Waals surface area contributed by atoms with E-state index in [1.807, 2.05) is 0 Å². The van der Waals surface area contributed by atoms with Crippen molar-refractivity contribution < 1.29 is 4.74 Å². The van der Waals surface area contributed by atoms with Gasteiger partial charge in [0.05, 0.1) is 7.11 Å². The van der Waals surface area contributed by atoms with Gasteiger partial charge in [-0.05, 0) is 63.5 Å². The molecule has 1 aromatic carbocycles. The van der Waals surface area contributed by atoms with Gasteiger partial charge in [-0.1, -0.05) is 12.1 Å². The molecule has 3 nitrogen and oxygen atoms in total. The largest absolute Gasteiger partial charge is 0.497 e. The number of hydrogen-bond acceptors (Lipinski definition) is 3. The van der Waals surface area contributed by atoms with Crippen molar-refractivity contribution in [2.24, 2.45) is 0 Å². The Hall–Kier alpha value is -1.06. The highest BCUT2D eigenvalue weighted by molar-refractivity contribution is 5.27. The molecule has 0 aromatic heterocycles. The molecule has 106 valence electrons. The molecule has 1 unspecified atom stereocenters. The zero-order valence-corrected chi connectivity index (χ0v) is 12.2. The first-order chi connectivity index (χ1) is 9.31. The maximum absolute atomic E-state index is 5.19. The molecule has 0 radical (unpaired) electrons.